The minimum atomic E-state index is -0.220. The van der Waals surface area contributed by atoms with E-state index in [-0.39, 0.29) is 17.4 Å². The molecule has 18 heavy (non-hydrogen) atoms. The quantitative estimate of drug-likeness (QED) is 0.766. The number of amides is 1. The van der Waals surface area contributed by atoms with E-state index in [1.54, 1.807) is 0 Å². The second-order valence-electron chi connectivity index (χ2n) is 6.06. The Bertz CT molecular complexity index is 267. The van der Waals surface area contributed by atoms with Crippen LogP contribution in [-0.4, -0.2) is 23.7 Å². The molecule has 1 aliphatic carbocycles. The van der Waals surface area contributed by atoms with E-state index in [1.807, 2.05) is 0 Å². The average Bonchev–Trinajstić information content (AvgIpc) is 2.36. The first-order chi connectivity index (χ1) is 8.51. The fourth-order valence-electron chi connectivity index (χ4n) is 2.90. The molecule has 0 bridgehead atoms. The zero-order valence-electron chi connectivity index (χ0n) is 12.2. The van der Waals surface area contributed by atoms with Gasteiger partial charge in [0, 0.05) is 12.0 Å². The normalized spacial score (nSPS) is 27.6. The van der Waals surface area contributed by atoms with Crippen molar-refractivity contribution in [2.45, 2.75) is 71.8 Å². The predicted octanol–water partition coefficient (Wildman–Crippen LogP) is 2.87. The Morgan fingerprint density at radius 1 is 1.39 bits per heavy atom. The van der Waals surface area contributed by atoms with Crippen molar-refractivity contribution < 1.29 is 9.90 Å². The van der Waals surface area contributed by atoms with Crippen LogP contribution < -0.4 is 5.32 Å². The Morgan fingerprint density at radius 2 is 2.11 bits per heavy atom. The highest BCUT2D eigenvalue weighted by atomic mass is 16.3. The summed E-state index contributed by atoms with van der Waals surface area (Å²) < 4.78 is 0. The van der Waals surface area contributed by atoms with Gasteiger partial charge in [0.05, 0.1) is 6.10 Å². The number of rotatable bonds is 6. The van der Waals surface area contributed by atoms with Crippen LogP contribution in [0.15, 0.2) is 0 Å². The van der Waals surface area contributed by atoms with Crippen LogP contribution in [0.4, 0.5) is 0 Å². The Labute approximate surface area is 111 Å². The van der Waals surface area contributed by atoms with E-state index in [0.29, 0.717) is 5.92 Å². The van der Waals surface area contributed by atoms with Crippen LogP contribution in [0.2, 0.25) is 0 Å². The summed E-state index contributed by atoms with van der Waals surface area (Å²) in [5, 5.41) is 12.7. The molecule has 106 valence electrons. The molecule has 3 atom stereocenters. The molecule has 3 nitrogen and oxygen atoms in total. The van der Waals surface area contributed by atoms with Gasteiger partial charge in [0.1, 0.15) is 0 Å². The van der Waals surface area contributed by atoms with Crippen molar-refractivity contribution in [3.05, 3.63) is 0 Å². The lowest BCUT2D eigenvalue weighted by atomic mass is 9.81. The number of hydrogen-bond acceptors (Lipinski definition) is 2. The minimum absolute atomic E-state index is 0.158. The van der Waals surface area contributed by atoms with E-state index < -0.39 is 0 Å². The smallest absolute Gasteiger partial charge is 0.225 e. The molecular formula is C15H29NO2. The first-order valence-corrected chi connectivity index (χ1v) is 7.48. The monoisotopic (exact) mass is 255 g/mol. The first-order valence-electron chi connectivity index (χ1n) is 7.48. The van der Waals surface area contributed by atoms with E-state index in [9.17, 15) is 9.90 Å². The number of carbonyl (C=O) groups excluding carboxylic acids is 1. The number of aliphatic hydroxyl groups excluding tert-OH is 1. The van der Waals surface area contributed by atoms with Gasteiger partial charge in [-0.3, -0.25) is 4.79 Å². The standard InChI is InChI=1S/C15H29NO2/c1-4-9-15(3,5-2)14(18)16-11-12-7-6-8-13(17)10-12/h12-13,17H,4-11H2,1-3H3,(H,16,18)/t12-,13+,15-/m0/s1. The van der Waals surface area contributed by atoms with Gasteiger partial charge in [-0.2, -0.15) is 0 Å². The molecule has 1 saturated carbocycles. The highest BCUT2D eigenvalue weighted by molar-refractivity contribution is 5.82. The fraction of sp³-hybridized carbons (Fsp3) is 0.933. The minimum Gasteiger partial charge on any atom is -0.393 e. The molecule has 1 amide bonds. The molecule has 0 aromatic rings. The highest BCUT2D eigenvalue weighted by Crippen LogP contribution is 2.28. The third kappa shape index (κ3) is 4.27. The molecule has 3 heteroatoms. The zero-order chi connectivity index (χ0) is 13.6. The van der Waals surface area contributed by atoms with Crippen molar-refractivity contribution in [2.24, 2.45) is 11.3 Å². The van der Waals surface area contributed by atoms with Gasteiger partial charge in [-0.15, -0.1) is 0 Å². The molecule has 0 aromatic heterocycles. The molecule has 0 heterocycles. The van der Waals surface area contributed by atoms with Crippen LogP contribution in [0.1, 0.15) is 65.7 Å². The molecule has 0 spiro atoms. The summed E-state index contributed by atoms with van der Waals surface area (Å²) in [6, 6.07) is 0. The van der Waals surface area contributed by atoms with Crippen molar-refractivity contribution in [2.75, 3.05) is 6.54 Å². The van der Waals surface area contributed by atoms with Crippen molar-refractivity contribution in [3.8, 4) is 0 Å². The summed E-state index contributed by atoms with van der Waals surface area (Å²) in [5.74, 6) is 0.646. The molecule has 0 unspecified atom stereocenters. The molecule has 1 rings (SSSR count). The SMILES string of the molecule is CCC[C@](C)(CC)C(=O)NC[C@H]1CCC[C@@H](O)C1. The predicted molar refractivity (Wildman–Crippen MR) is 74.3 cm³/mol. The second-order valence-corrected chi connectivity index (χ2v) is 6.06. The van der Waals surface area contributed by atoms with Gasteiger partial charge in [-0.25, -0.2) is 0 Å². The largest absolute Gasteiger partial charge is 0.393 e. The topological polar surface area (TPSA) is 49.3 Å². The molecule has 1 aliphatic rings. The summed E-state index contributed by atoms with van der Waals surface area (Å²) in [7, 11) is 0. The van der Waals surface area contributed by atoms with Crippen LogP contribution in [0.3, 0.4) is 0 Å². The fourth-order valence-corrected chi connectivity index (χ4v) is 2.90. The van der Waals surface area contributed by atoms with E-state index in [0.717, 1.165) is 51.5 Å². The third-order valence-corrected chi connectivity index (χ3v) is 4.44. The van der Waals surface area contributed by atoms with Crippen molar-refractivity contribution in [3.63, 3.8) is 0 Å². The Kier molecular flexibility index (Phi) is 6.13. The molecule has 0 aromatic carbocycles. The molecule has 1 fully saturated rings. The molecule has 0 radical (unpaired) electrons. The molecule has 0 saturated heterocycles. The molecule has 0 aliphatic heterocycles. The van der Waals surface area contributed by atoms with Crippen LogP contribution in [0.25, 0.3) is 0 Å². The lowest BCUT2D eigenvalue weighted by Crippen LogP contribution is -2.41. The number of hydrogen-bond donors (Lipinski definition) is 2. The maximum Gasteiger partial charge on any atom is 0.225 e. The maximum absolute atomic E-state index is 12.2. The Morgan fingerprint density at radius 3 is 2.67 bits per heavy atom. The van der Waals surface area contributed by atoms with Crippen LogP contribution in [0, 0.1) is 11.3 Å². The first kappa shape index (κ1) is 15.5. The van der Waals surface area contributed by atoms with Crippen LogP contribution >= 0.6 is 0 Å². The molecule has 2 N–H and O–H groups in total. The second kappa shape index (κ2) is 7.13. The van der Waals surface area contributed by atoms with Gasteiger partial charge < -0.3 is 10.4 Å². The lowest BCUT2D eigenvalue weighted by molar-refractivity contribution is -0.131. The van der Waals surface area contributed by atoms with Gasteiger partial charge in [-0.05, 0) is 38.0 Å². The average molecular weight is 255 g/mol. The summed E-state index contributed by atoms with van der Waals surface area (Å²) >= 11 is 0. The number of aliphatic hydroxyl groups is 1. The third-order valence-electron chi connectivity index (χ3n) is 4.44. The zero-order valence-corrected chi connectivity index (χ0v) is 12.2. The summed E-state index contributed by atoms with van der Waals surface area (Å²) in [4.78, 5) is 12.2. The summed E-state index contributed by atoms with van der Waals surface area (Å²) in [5.41, 5.74) is -0.220. The van der Waals surface area contributed by atoms with Crippen molar-refractivity contribution in [1.29, 1.82) is 0 Å². The molecular weight excluding hydrogens is 226 g/mol. The van der Waals surface area contributed by atoms with Crippen LogP contribution in [-0.2, 0) is 4.79 Å². The van der Waals surface area contributed by atoms with Crippen molar-refractivity contribution in [1.82, 2.24) is 5.32 Å². The summed E-state index contributed by atoms with van der Waals surface area (Å²) in [6.45, 7) is 7.00. The van der Waals surface area contributed by atoms with Crippen LogP contribution in [0.5, 0.6) is 0 Å². The Hall–Kier alpha value is -0.570. The Balaban J connectivity index is 2.39. The van der Waals surface area contributed by atoms with E-state index >= 15 is 0 Å². The van der Waals surface area contributed by atoms with Gasteiger partial charge in [-0.1, -0.05) is 33.6 Å². The van der Waals surface area contributed by atoms with Gasteiger partial charge in [0.25, 0.3) is 0 Å². The van der Waals surface area contributed by atoms with Crippen molar-refractivity contribution >= 4 is 5.91 Å². The highest BCUT2D eigenvalue weighted by Gasteiger charge is 2.30. The van der Waals surface area contributed by atoms with E-state index in [4.69, 9.17) is 0 Å². The summed E-state index contributed by atoms with van der Waals surface area (Å²) in [6.07, 6.45) is 6.70. The van der Waals surface area contributed by atoms with Gasteiger partial charge in [0.2, 0.25) is 5.91 Å². The van der Waals surface area contributed by atoms with E-state index in [1.165, 1.54) is 0 Å². The number of nitrogens with one attached hydrogen (secondary N) is 1. The van der Waals surface area contributed by atoms with Gasteiger partial charge >= 0.3 is 0 Å². The maximum atomic E-state index is 12.2. The lowest BCUT2D eigenvalue weighted by Gasteiger charge is -2.30. The van der Waals surface area contributed by atoms with Gasteiger partial charge in [0.15, 0.2) is 0 Å². The number of carbonyl (C=O) groups is 1. The van der Waals surface area contributed by atoms with E-state index in [2.05, 4.69) is 26.1 Å².